The van der Waals surface area contributed by atoms with Crippen LogP contribution in [-0.2, 0) is 33.4 Å². The maximum atomic E-state index is 13.2. The molecule has 2 fully saturated rings. The second-order valence-electron chi connectivity index (χ2n) is 9.08. The molecule has 2 aliphatic heterocycles. The standard InChI is InChI=1S/C21H30N6O8/c1-21(2,3)35-17(30)10-13(15(28)11-23-22)24-18(31)14-6-5-9-26-16(29)8-7-12(19(32)27(14)26)25-20(33)34-4/h11-14H,5-10H2,1-4H3,(H,24,31)(H,25,33). The zero-order valence-corrected chi connectivity index (χ0v) is 20.1. The number of ketones is 1. The number of Topliss-reactive ketones (excluding diaryl/α,β-unsaturated/α-hetero) is 1. The van der Waals surface area contributed by atoms with Gasteiger partial charge in [-0.3, -0.25) is 29.0 Å². The summed E-state index contributed by atoms with van der Waals surface area (Å²) < 4.78 is 9.74. The van der Waals surface area contributed by atoms with E-state index in [-0.39, 0.29) is 25.8 Å². The van der Waals surface area contributed by atoms with Gasteiger partial charge < -0.3 is 25.6 Å². The van der Waals surface area contributed by atoms with E-state index in [1.807, 2.05) is 0 Å². The summed E-state index contributed by atoms with van der Waals surface area (Å²) in [6.07, 6.45) is -0.352. The van der Waals surface area contributed by atoms with Crippen molar-refractivity contribution in [1.29, 1.82) is 0 Å². The molecule has 14 heteroatoms. The molecule has 2 rings (SSSR count). The third-order valence-electron chi connectivity index (χ3n) is 5.28. The molecule has 0 aromatic carbocycles. The van der Waals surface area contributed by atoms with Crippen LogP contribution in [0.2, 0.25) is 0 Å². The van der Waals surface area contributed by atoms with Crippen molar-refractivity contribution in [2.45, 2.75) is 76.6 Å². The fraction of sp³-hybridized carbons (Fsp3) is 0.667. The summed E-state index contributed by atoms with van der Waals surface area (Å²) in [5.41, 5.74) is 7.89. The summed E-state index contributed by atoms with van der Waals surface area (Å²) in [4.78, 5) is 78.1. The third kappa shape index (κ3) is 7.34. The first-order valence-electron chi connectivity index (χ1n) is 11.1. The highest BCUT2D eigenvalue weighted by molar-refractivity contribution is 6.28. The van der Waals surface area contributed by atoms with Crippen molar-refractivity contribution in [1.82, 2.24) is 20.7 Å². The van der Waals surface area contributed by atoms with E-state index in [1.165, 1.54) is 0 Å². The van der Waals surface area contributed by atoms with Crippen LogP contribution in [0, 0.1) is 0 Å². The molecule has 4 amide bonds. The van der Waals surface area contributed by atoms with E-state index in [2.05, 4.69) is 20.2 Å². The molecule has 3 atom stereocenters. The number of nitrogens with one attached hydrogen (secondary N) is 2. The predicted molar refractivity (Wildman–Crippen MR) is 117 cm³/mol. The molecule has 192 valence electrons. The lowest BCUT2D eigenvalue weighted by molar-refractivity contribution is -0.176. The normalized spacial score (nSPS) is 21.0. The number of hydrogen-bond acceptors (Lipinski definition) is 8. The number of carbonyl (C=O) groups is 6. The Kier molecular flexibility index (Phi) is 9.06. The average molecular weight is 495 g/mol. The lowest BCUT2D eigenvalue weighted by Gasteiger charge is -2.43. The van der Waals surface area contributed by atoms with Crippen LogP contribution in [0.5, 0.6) is 0 Å². The number of hydrogen-bond donors (Lipinski definition) is 2. The molecule has 0 aliphatic carbocycles. The van der Waals surface area contributed by atoms with Crippen molar-refractivity contribution in [2.75, 3.05) is 13.7 Å². The Bertz CT molecular complexity index is 939. The van der Waals surface area contributed by atoms with E-state index < -0.39 is 65.7 Å². The number of esters is 1. The number of carbonyl (C=O) groups excluding carboxylic acids is 6. The molecule has 2 heterocycles. The minimum absolute atomic E-state index is 0.0147. The van der Waals surface area contributed by atoms with Crippen LogP contribution >= 0.6 is 0 Å². The quantitative estimate of drug-likeness (QED) is 0.202. The molecule has 0 bridgehead atoms. The van der Waals surface area contributed by atoms with Crippen LogP contribution in [0.25, 0.3) is 5.53 Å². The summed E-state index contributed by atoms with van der Waals surface area (Å²) in [6.45, 7) is 5.09. The van der Waals surface area contributed by atoms with Crippen LogP contribution in [0.4, 0.5) is 4.79 Å². The van der Waals surface area contributed by atoms with Gasteiger partial charge in [0.2, 0.25) is 11.8 Å². The first kappa shape index (κ1) is 27.4. The summed E-state index contributed by atoms with van der Waals surface area (Å²) in [5, 5.41) is 6.93. The molecule has 0 spiro atoms. The van der Waals surface area contributed by atoms with Crippen LogP contribution in [-0.4, -0.2) is 94.0 Å². The largest absolute Gasteiger partial charge is 0.460 e. The van der Waals surface area contributed by atoms with Crippen molar-refractivity contribution in [3.05, 3.63) is 5.53 Å². The number of hydrazine groups is 1. The highest BCUT2D eigenvalue weighted by Crippen LogP contribution is 2.25. The van der Waals surface area contributed by atoms with Gasteiger partial charge in [-0.2, -0.15) is 4.79 Å². The number of ether oxygens (including phenoxy) is 2. The molecule has 0 aromatic rings. The zero-order valence-electron chi connectivity index (χ0n) is 20.1. The molecule has 2 saturated heterocycles. The Morgan fingerprint density at radius 2 is 1.91 bits per heavy atom. The van der Waals surface area contributed by atoms with Crippen LogP contribution in [0.3, 0.4) is 0 Å². The molecule has 2 N–H and O–H groups in total. The van der Waals surface area contributed by atoms with Gasteiger partial charge in [-0.05, 0) is 40.0 Å². The van der Waals surface area contributed by atoms with E-state index >= 15 is 0 Å². The summed E-state index contributed by atoms with van der Waals surface area (Å²) in [6, 6.07) is -3.74. The van der Waals surface area contributed by atoms with Gasteiger partial charge in [0.1, 0.15) is 23.7 Å². The maximum absolute atomic E-state index is 13.2. The lowest BCUT2D eigenvalue weighted by atomic mass is 10.0. The Morgan fingerprint density at radius 1 is 1.23 bits per heavy atom. The van der Waals surface area contributed by atoms with Crippen molar-refractivity contribution in [2.24, 2.45) is 0 Å². The molecule has 35 heavy (non-hydrogen) atoms. The van der Waals surface area contributed by atoms with Crippen LogP contribution in [0.15, 0.2) is 0 Å². The maximum Gasteiger partial charge on any atom is 0.407 e. The summed E-state index contributed by atoms with van der Waals surface area (Å²) in [7, 11) is 1.13. The lowest BCUT2D eigenvalue weighted by Crippen LogP contribution is -2.64. The van der Waals surface area contributed by atoms with E-state index in [9.17, 15) is 28.8 Å². The highest BCUT2D eigenvalue weighted by Gasteiger charge is 2.45. The van der Waals surface area contributed by atoms with E-state index in [0.717, 1.165) is 17.1 Å². The fourth-order valence-electron chi connectivity index (χ4n) is 3.79. The van der Waals surface area contributed by atoms with Crippen molar-refractivity contribution in [3.8, 4) is 0 Å². The molecular weight excluding hydrogens is 464 g/mol. The molecule has 0 radical (unpaired) electrons. The highest BCUT2D eigenvalue weighted by atomic mass is 16.6. The van der Waals surface area contributed by atoms with Gasteiger partial charge in [-0.1, -0.05) is 0 Å². The number of nitrogens with zero attached hydrogens (tertiary/aromatic N) is 4. The van der Waals surface area contributed by atoms with Gasteiger partial charge in [-0.15, -0.1) is 0 Å². The second-order valence-corrected chi connectivity index (χ2v) is 9.08. The molecule has 0 saturated carbocycles. The minimum Gasteiger partial charge on any atom is -0.460 e. The molecule has 0 aromatic heterocycles. The number of fused-ring (bicyclic) bond motifs is 1. The first-order chi connectivity index (χ1) is 16.4. The average Bonchev–Trinajstić information content (AvgIpc) is 2.89. The van der Waals surface area contributed by atoms with E-state index in [1.54, 1.807) is 20.8 Å². The molecule has 14 nitrogen and oxygen atoms in total. The minimum atomic E-state index is -1.44. The molecular formula is C21H30N6O8. The Balaban J connectivity index is 2.28. The summed E-state index contributed by atoms with van der Waals surface area (Å²) >= 11 is 0. The van der Waals surface area contributed by atoms with Gasteiger partial charge in [0.25, 0.3) is 11.7 Å². The van der Waals surface area contributed by atoms with Gasteiger partial charge in [0.05, 0.1) is 13.5 Å². The van der Waals surface area contributed by atoms with E-state index in [4.69, 9.17) is 10.3 Å². The van der Waals surface area contributed by atoms with Gasteiger partial charge in [-0.25, -0.2) is 9.80 Å². The SMILES string of the molecule is COC(=O)NC1CCC(=O)N2CCCC(C(=O)NC(CC(=O)OC(C)(C)C)C(=O)C=[N+]=[N-])N2C1=O. The van der Waals surface area contributed by atoms with Crippen LogP contribution in [0.1, 0.15) is 52.9 Å². The molecule has 3 unspecified atom stereocenters. The Labute approximate surface area is 201 Å². The van der Waals surface area contributed by atoms with Gasteiger partial charge >= 0.3 is 18.3 Å². The number of rotatable bonds is 7. The van der Waals surface area contributed by atoms with Crippen LogP contribution < -0.4 is 10.6 Å². The first-order valence-corrected chi connectivity index (χ1v) is 11.1. The Hall–Kier alpha value is -3.80. The van der Waals surface area contributed by atoms with Gasteiger partial charge in [0, 0.05) is 13.0 Å². The monoisotopic (exact) mass is 494 g/mol. The third-order valence-corrected chi connectivity index (χ3v) is 5.28. The number of methoxy groups -OCH3 is 1. The number of amides is 4. The topological polar surface area (TPSA) is 188 Å². The predicted octanol–water partition coefficient (Wildman–Crippen LogP) is -0.674. The molecule has 2 aliphatic rings. The van der Waals surface area contributed by atoms with Crippen molar-refractivity contribution in [3.63, 3.8) is 0 Å². The number of alkyl carbamates (subject to hydrolysis) is 1. The van der Waals surface area contributed by atoms with E-state index in [0.29, 0.717) is 12.6 Å². The van der Waals surface area contributed by atoms with Gasteiger partial charge in [0.15, 0.2) is 0 Å². The fourth-order valence-corrected chi connectivity index (χ4v) is 3.79. The van der Waals surface area contributed by atoms with Crippen molar-refractivity contribution < 1.29 is 43.0 Å². The van der Waals surface area contributed by atoms with Crippen molar-refractivity contribution >= 4 is 41.8 Å². The smallest absolute Gasteiger partial charge is 0.407 e. The Morgan fingerprint density at radius 3 is 2.51 bits per heavy atom. The second kappa shape index (κ2) is 11.6. The summed E-state index contributed by atoms with van der Waals surface area (Å²) in [5.74, 6) is -3.55. The zero-order chi connectivity index (χ0) is 26.3.